The van der Waals surface area contributed by atoms with Crippen LogP contribution in [0.5, 0.6) is 5.75 Å². The normalized spacial score (nSPS) is 11.4. The summed E-state index contributed by atoms with van der Waals surface area (Å²) in [6.07, 6.45) is 0.762. The highest BCUT2D eigenvalue weighted by Gasteiger charge is 2.12. The van der Waals surface area contributed by atoms with Crippen molar-refractivity contribution < 1.29 is 5.11 Å². The molecule has 0 aliphatic heterocycles. The number of rotatable bonds is 6. The van der Waals surface area contributed by atoms with E-state index in [0.717, 1.165) is 30.6 Å². The van der Waals surface area contributed by atoms with Gasteiger partial charge in [-0.05, 0) is 50.9 Å². The molecule has 0 aliphatic rings. The van der Waals surface area contributed by atoms with E-state index in [1.165, 1.54) is 11.1 Å². The summed E-state index contributed by atoms with van der Waals surface area (Å²) in [6.45, 7) is 1.66. The molecule has 0 radical (unpaired) electrons. The van der Waals surface area contributed by atoms with E-state index < -0.39 is 0 Å². The highest BCUT2D eigenvalue weighted by Crippen LogP contribution is 2.27. The topological polar surface area (TPSA) is 26.7 Å². The molecule has 2 aromatic rings. The summed E-state index contributed by atoms with van der Waals surface area (Å²) < 4.78 is 0. The molecule has 118 valence electrons. The van der Waals surface area contributed by atoms with Crippen LogP contribution in [0.2, 0.25) is 0 Å². The number of hydrogen-bond acceptors (Lipinski definition) is 3. The molecule has 0 unspecified atom stereocenters. The maximum absolute atomic E-state index is 10.5. The molecule has 3 nitrogen and oxygen atoms in total. The smallest absolute Gasteiger partial charge is 0.119 e. The van der Waals surface area contributed by atoms with E-state index >= 15 is 0 Å². The molecule has 22 heavy (non-hydrogen) atoms. The lowest BCUT2D eigenvalue weighted by Gasteiger charge is -2.19. The van der Waals surface area contributed by atoms with Gasteiger partial charge in [0.1, 0.15) is 5.75 Å². The Labute approximate surface area is 133 Å². The predicted molar refractivity (Wildman–Crippen MR) is 92.1 cm³/mol. The molecule has 0 fully saturated rings. The van der Waals surface area contributed by atoms with Crippen LogP contribution in [0.3, 0.4) is 0 Å². The van der Waals surface area contributed by atoms with Gasteiger partial charge >= 0.3 is 0 Å². The summed E-state index contributed by atoms with van der Waals surface area (Å²) in [6, 6.07) is 14.4. The Morgan fingerprint density at radius 2 is 1.45 bits per heavy atom. The van der Waals surface area contributed by atoms with Gasteiger partial charge in [0.05, 0.1) is 0 Å². The zero-order valence-corrected chi connectivity index (χ0v) is 14.0. The Hall–Kier alpha value is -1.84. The van der Waals surface area contributed by atoms with Crippen molar-refractivity contribution >= 4 is 0 Å². The summed E-state index contributed by atoms with van der Waals surface area (Å²) in [5, 5.41) is 10.5. The molecule has 2 rings (SSSR count). The van der Waals surface area contributed by atoms with Crippen LogP contribution < -0.4 is 0 Å². The third-order valence-electron chi connectivity index (χ3n) is 3.59. The van der Waals surface area contributed by atoms with Gasteiger partial charge in [-0.15, -0.1) is 0 Å². The molecule has 0 bridgehead atoms. The molecule has 0 aromatic heterocycles. The van der Waals surface area contributed by atoms with Crippen LogP contribution in [0, 0.1) is 0 Å². The lowest BCUT2D eigenvalue weighted by molar-refractivity contribution is 0.390. The zero-order valence-electron chi connectivity index (χ0n) is 14.0. The largest absolute Gasteiger partial charge is 0.508 e. The molecular formula is C19H26N2O. The second-order valence-corrected chi connectivity index (χ2v) is 6.39. The first kappa shape index (κ1) is 16.5. The molecule has 0 heterocycles. The van der Waals surface area contributed by atoms with Crippen LogP contribution in [0.15, 0.2) is 42.5 Å². The van der Waals surface area contributed by atoms with Gasteiger partial charge in [0.15, 0.2) is 0 Å². The van der Waals surface area contributed by atoms with E-state index in [1.807, 2.05) is 38.4 Å². The van der Waals surface area contributed by atoms with Crippen LogP contribution in [0.25, 0.3) is 0 Å². The quantitative estimate of drug-likeness (QED) is 0.887. The Bertz CT molecular complexity index is 606. The van der Waals surface area contributed by atoms with Crippen molar-refractivity contribution in [3.63, 3.8) is 0 Å². The lowest BCUT2D eigenvalue weighted by atomic mass is 9.96. The van der Waals surface area contributed by atoms with E-state index in [2.05, 4.69) is 42.1 Å². The van der Waals surface area contributed by atoms with Crippen molar-refractivity contribution in [3.8, 4) is 5.75 Å². The first-order valence-corrected chi connectivity index (χ1v) is 7.62. The van der Waals surface area contributed by atoms with Gasteiger partial charge in [-0.25, -0.2) is 0 Å². The first-order chi connectivity index (χ1) is 10.5. The molecule has 2 aromatic carbocycles. The molecule has 1 N–H and O–H groups in total. The molecule has 0 amide bonds. The van der Waals surface area contributed by atoms with Crippen molar-refractivity contribution in [3.05, 3.63) is 64.7 Å². The number of phenolic OH excluding ortho intramolecular Hbond substituents is 1. The van der Waals surface area contributed by atoms with E-state index in [9.17, 15) is 5.11 Å². The fraction of sp³-hybridized carbons (Fsp3) is 0.368. The van der Waals surface area contributed by atoms with E-state index in [1.54, 1.807) is 0 Å². The number of hydrogen-bond donors (Lipinski definition) is 1. The molecule has 0 saturated heterocycles. The summed E-state index contributed by atoms with van der Waals surface area (Å²) in [5.41, 5.74) is 4.60. The van der Waals surface area contributed by atoms with Crippen molar-refractivity contribution in [1.82, 2.24) is 9.80 Å². The number of aromatic hydroxyl groups is 1. The number of nitrogens with zero attached hydrogens (tertiary/aromatic N) is 2. The Morgan fingerprint density at radius 3 is 2.05 bits per heavy atom. The molecule has 0 aliphatic carbocycles. The van der Waals surface area contributed by atoms with Gasteiger partial charge in [0.2, 0.25) is 0 Å². The monoisotopic (exact) mass is 298 g/mol. The van der Waals surface area contributed by atoms with Crippen LogP contribution in [0.1, 0.15) is 22.3 Å². The van der Waals surface area contributed by atoms with Crippen LogP contribution in [-0.2, 0) is 19.5 Å². The van der Waals surface area contributed by atoms with Gasteiger partial charge < -0.3 is 14.9 Å². The fourth-order valence-electron chi connectivity index (χ4n) is 2.72. The summed E-state index contributed by atoms with van der Waals surface area (Å²) in [4.78, 5) is 4.26. The lowest BCUT2D eigenvalue weighted by Crippen LogP contribution is -2.15. The van der Waals surface area contributed by atoms with Crippen molar-refractivity contribution in [2.75, 3.05) is 28.2 Å². The SMILES string of the molecule is CN(C)Cc1cc(O)c(Cc2ccccc2)c(CN(C)C)c1. The fourth-order valence-corrected chi connectivity index (χ4v) is 2.72. The minimum atomic E-state index is 0.403. The summed E-state index contributed by atoms with van der Waals surface area (Å²) in [7, 11) is 8.20. The minimum absolute atomic E-state index is 0.403. The maximum Gasteiger partial charge on any atom is 0.119 e. The summed E-state index contributed by atoms with van der Waals surface area (Å²) in [5.74, 6) is 0.403. The maximum atomic E-state index is 10.5. The number of benzene rings is 2. The zero-order chi connectivity index (χ0) is 16.1. The van der Waals surface area contributed by atoms with Crippen molar-refractivity contribution in [2.24, 2.45) is 0 Å². The minimum Gasteiger partial charge on any atom is -0.508 e. The van der Waals surface area contributed by atoms with Gasteiger partial charge in [0.25, 0.3) is 0 Å². The van der Waals surface area contributed by atoms with Gasteiger partial charge in [-0.3, -0.25) is 0 Å². The average Bonchev–Trinajstić information content (AvgIpc) is 2.42. The molecule has 0 atom stereocenters. The Morgan fingerprint density at radius 1 is 0.818 bits per heavy atom. The molecule has 0 spiro atoms. The van der Waals surface area contributed by atoms with Crippen molar-refractivity contribution in [2.45, 2.75) is 19.5 Å². The van der Waals surface area contributed by atoms with Crippen molar-refractivity contribution in [1.29, 1.82) is 0 Å². The Balaban J connectivity index is 2.37. The first-order valence-electron chi connectivity index (χ1n) is 7.62. The van der Waals surface area contributed by atoms with Gasteiger partial charge in [0, 0.05) is 25.1 Å². The average molecular weight is 298 g/mol. The van der Waals surface area contributed by atoms with E-state index in [-0.39, 0.29) is 0 Å². The molecule has 0 saturated carbocycles. The van der Waals surface area contributed by atoms with E-state index in [4.69, 9.17) is 0 Å². The third-order valence-corrected chi connectivity index (χ3v) is 3.59. The standard InChI is InChI=1S/C19H26N2O/c1-20(2)13-16-10-17(14-21(3)4)18(19(22)12-16)11-15-8-6-5-7-9-15/h5-10,12,22H,11,13-14H2,1-4H3. The van der Waals surface area contributed by atoms with Crippen LogP contribution in [0.4, 0.5) is 0 Å². The molecule has 3 heteroatoms. The second-order valence-electron chi connectivity index (χ2n) is 6.39. The Kier molecular flexibility index (Phi) is 5.58. The highest BCUT2D eigenvalue weighted by molar-refractivity contribution is 5.45. The third kappa shape index (κ3) is 4.58. The summed E-state index contributed by atoms with van der Waals surface area (Å²) >= 11 is 0. The molecular weight excluding hydrogens is 272 g/mol. The second kappa shape index (κ2) is 7.43. The highest BCUT2D eigenvalue weighted by atomic mass is 16.3. The van der Waals surface area contributed by atoms with Crippen LogP contribution >= 0.6 is 0 Å². The van der Waals surface area contributed by atoms with E-state index in [0.29, 0.717) is 5.75 Å². The van der Waals surface area contributed by atoms with Gasteiger partial charge in [-0.2, -0.15) is 0 Å². The predicted octanol–water partition coefficient (Wildman–Crippen LogP) is 3.11. The van der Waals surface area contributed by atoms with Gasteiger partial charge in [-0.1, -0.05) is 36.4 Å². The number of phenols is 1. The van der Waals surface area contributed by atoms with Crippen LogP contribution in [-0.4, -0.2) is 43.1 Å².